The number of ether oxygens (including phenoxy) is 1. The molecule has 0 atom stereocenters. The maximum Gasteiger partial charge on any atom is 0.142 e. The molecule has 1 N–H and O–H groups in total. The molecule has 0 aliphatic heterocycles. The lowest BCUT2D eigenvalue weighted by molar-refractivity contribution is 0.305. The summed E-state index contributed by atoms with van der Waals surface area (Å²) in [6.07, 6.45) is 0.440. The van der Waals surface area contributed by atoms with Gasteiger partial charge in [0.2, 0.25) is 0 Å². The molecule has 2 aromatic rings. The van der Waals surface area contributed by atoms with Crippen LogP contribution in [0.4, 0.5) is 4.39 Å². The van der Waals surface area contributed by atoms with Crippen LogP contribution in [0.2, 0.25) is 5.02 Å². The van der Waals surface area contributed by atoms with E-state index in [0.717, 1.165) is 5.56 Å². The van der Waals surface area contributed by atoms with Crippen LogP contribution in [0.3, 0.4) is 0 Å². The van der Waals surface area contributed by atoms with E-state index in [1.807, 2.05) is 18.2 Å². The Kier molecular flexibility index (Phi) is 5.62. The summed E-state index contributed by atoms with van der Waals surface area (Å²) < 4.78 is 18.9. The van der Waals surface area contributed by atoms with Gasteiger partial charge in [0.25, 0.3) is 0 Å². The van der Waals surface area contributed by atoms with Gasteiger partial charge in [0.15, 0.2) is 0 Å². The van der Waals surface area contributed by atoms with Gasteiger partial charge in [-0.3, -0.25) is 0 Å². The van der Waals surface area contributed by atoms with Crippen LogP contribution in [0.15, 0.2) is 42.5 Å². The summed E-state index contributed by atoms with van der Waals surface area (Å²) in [6.45, 7) is 0.299. The highest BCUT2D eigenvalue weighted by Gasteiger charge is 2.02. The molecule has 108 valence electrons. The molecular weight excluding hydrogens is 291 g/mol. The molecule has 0 radical (unpaired) electrons. The Morgan fingerprint density at radius 3 is 2.81 bits per heavy atom. The van der Waals surface area contributed by atoms with Crippen molar-refractivity contribution in [3.63, 3.8) is 0 Å². The van der Waals surface area contributed by atoms with Gasteiger partial charge in [0, 0.05) is 12.0 Å². The van der Waals surface area contributed by atoms with Crippen molar-refractivity contribution in [2.24, 2.45) is 0 Å². The fraction of sp³-hybridized carbons (Fsp3) is 0.176. The van der Waals surface area contributed by atoms with E-state index < -0.39 is 5.82 Å². The summed E-state index contributed by atoms with van der Waals surface area (Å²) >= 11 is 5.63. The largest absolute Gasteiger partial charge is 0.489 e. The molecule has 0 fully saturated rings. The van der Waals surface area contributed by atoms with E-state index in [-0.39, 0.29) is 18.2 Å². The molecule has 0 amide bonds. The lowest BCUT2D eigenvalue weighted by Gasteiger charge is -2.07. The monoisotopic (exact) mass is 304 g/mol. The molecule has 0 aliphatic carbocycles. The van der Waals surface area contributed by atoms with Crippen molar-refractivity contribution in [2.45, 2.75) is 13.0 Å². The van der Waals surface area contributed by atoms with Crippen LogP contribution in [0.25, 0.3) is 0 Å². The number of benzene rings is 2. The van der Waals surface area contributed by atoms with Gasteiger partial charge in [0.05, 0.1) is 11.6 Å². The SMILES string of the molecule is OCCC#Cc1cccc(OCc2ccc(Cl)c(F)c2)c1. The van der Waals surface area contributed by atoms with Crippen molar-refractivity contribution in [1.82, 2.24) is 0 Å². The van der Waals surface area contributed by atoms with Gasteiger partial charge in [-0.2, -0.15) is 0 Å². The topological polar surface area (TPSA) is 29.5 Å². The van der Waals surface area contributed by atoms with Crippen molar-refractivity contribution in [1.29, 1.82) is 0 Å². The normalized spacial score (nSPS) is 9.86. The molecule has 0 aliphatic rings. The highest BCUT2D eigenvalue weighted by Crippen LogP contribution is 2.18. The Morgan fingerprint density at radius 1 is 1.19 bits per heavy atom. The molecule has 0 heterocycles. The summed E-state index contributed by atoms with van der Waals surface area (Å²) in [4.78, 5) is 0. The molecule has 0 unspecified atom stereocenters. The average Bonchev–Trinajstić information content (AvgIpc) is 2.49. The van der Waals surface area contributed by atoms with Crippen molar-refractivity contribution in [3.8, 4) is 17.6 Å². The first kappa shape index (κ1) is 15.4. The second-order valence-electron chi connectivity index (χ2n) is 4.34. The van der Waals surface area contributed by atoms with Gasteiger partial charge >= 0.3 is 0 Å². The zero-order valence-corrected chi connectivity index (χ0v) is 12.0. The Balaban J connectivity index is 2.01. The highest BCUT2D eigenvalue weighted by atomic mass is 35.5. The van der Waals surface area contributed by atoms with Crippen LogP contribution in [0.5, 0.6) is 5.75 Å². The van der Waals surface area contributed by atoms with Gasteiger partial charge < -0.3 is 9.84 Å². The Hall–Kier alpha value is -2.02. The predicted molar refractivity (Wildman–Crippen MR) is 80.8 cm³/mol. The third-order valence-corrected chi connectivity index (χ3v) is 3.00. The van der Waals surface area contributed by atoms with Crippen molar-refractivity contribution in [2.75, 3.05) is 6.61 Å². The molecular formula is C17H14ClFO2. The molecule has 2 aromatic carbocycles. The first-order chi connectivity index (χ1) is 10.2. The standard InChI is InChI=1S/C17H14ClFO2/c18-16-8-7-14(11-17(16)19)12-21-15-6-3-5-13(10-15)4-1-2-9-20/h3,5-8,10-11,20H,2,9,12H2. The number of aliphatic hydroxyl groups is 1. The van der Waals surface area contributed by atoms with Gasteiger partial charge in [-0.15, -0.1) is 0 Å². The molecule has 4 heteroatoms. The van der Waals surface area contributed by atoms with Crippen molar-refractivity contribution >= 4 is 11.6 Å². The zero-order valence-electron chi connectivity index (χ0n) is 11.3. The minimum Gasteiger partial charge on any atom is -0.489 e. The molecule has 0 aromatic heterocycles. The fourth-order valence-electron chi connectivity index (χ4n) is 1.68. The number of halogens is 2. The molecule has 21 heavy (non-hydrogen) atoms. The van der Waals surface area contributed by atoms with E-state index in [2.05, 4.69) is 11.8 Å². The smallest absolute Gasteiger partial charge is 0.142 e. The second-order valence-corrected chi connectivity index (χ2v) is 4.75. The molecule has 0 spiro atoms. The summed E-state index contributed by atoms with van der Waals surface area (Å²) in [5, 5.41) is 8.78. The van der Waals surface area contributed by atoms with Gasteiger partial charge in [-0.25, -0.2) is 4.39 Å². The molecule has 0 saturated carbocycles. The number of hydrogen-bond donors (Lipinski definition) is 1. The quantitative estimate of drug-likeness (QED) is 0.871. The van der Waals surface area contributed by atoms with Crippen molar-refractivity contribution < 1.29 is 14.2 Å². The van der Waals surface area contributed by atoms with Gasteiger partial charge in [0.1, 0.15) is 18.2 Å². The van der Waals surface area contributed by atoms with Crippen LogP contribution >= 0.6 is 11.6 Å². The van der Waals surface area contributed by atoms with Crippen molar-refractivity contribution in [3.05, 3.63) is 64.4 Å². The fourth-order valence-corrected chi connectivity index (χ4v) is 1.80. The van der Waals surface area contributed by atoms with Gasteiger partial charge in [-0.05, 0) is 35.9 Å². The van der Waals surface area contributed by atoms with E-state index in [1.54, 1.807) is 12.1 Å². The first-order valence-electron chi connectivity index (χ1n) is 6.45. The maximum atomic E-state index is 13.3. The van der Waals surface area contributed by atoms with Crippen LogP contribution in [-0.4, -0.2) is 11.7 Å². The van der Waals surface area contributed by atoms with E-state index in [4.69, 9.17) is 21.4 Å². The van der Waals surface area contributed by atoms with Crippen LogP contribution < -0.4 is 4.74 Å². The number of rotatable bonds is 4. The van der Waals surface area contributed by atoms with E-state index in [9.17, 15) is 4.39 Å². The third-order valence-electron chi connectivity index (χ3n) is 2.69. The third kappa shape index (κ3) is 4.78. The molecule has 0 bridgehead atoms. The van der Waals surface area contributed by atoms with E-state index in [1.165, 1.54) is 12.1 Å². The lowest BCUT2D eigenvalue weighted by atomic mass is 10.2. The predicted octanol–water partition coefficient (Wildman–Crippen LogP) is 3.79. The van der Waals surface area contributed by atoms with Crippen LogP contribution in [0, 0.1) is 17.7 Å². The molecule has 2 rings (SSSR count). The Morgan fingerprint density at radius 2 is 2.05 bits per heavy atom. The van der Waals surface area contributed by atoms with Crippen LogP contribution in [-0.2, 0) is 6.61 Å². The van der Waals surface area contributed by atoms with Crippen LogP contribution in [0.1, 0.15) is 17.5 Å². The molecule has 2 nitrogen and oxygen atoms in total. The van der Waals surface area contributed by atoms with Gasteiger partial charge in [-0.1, -0.05) is 35.6 Å². The van der Waals surface area contributed by atoms with E-state index >= 15 is 0 Å². The zero-order chi connectivity index (χ0) is 15.1. The summed E-state index contributed by atoms with van der Waals surface area (Å²) in [7, 11) is 0. The first-order valence-corrected chi connectivity index (χ1v) is 6.83. The average molecular weight is 305 g/mol. The highest BCUT2D eigenvalue weighted by molar-refractivity contribution is 6.30. The minimum atomic E-state index is -0.457. The summed E-state index contributed by atoms with van der Waals surface area (Å²) in [5.74, 6) is 5.98. The Bertz CT molecular complexity index is 674. The number of aliphatic hydroxyl groups excluding tert-OH is 1. The summed E-state index contributed by atoms with van der Waals surface area (Å²) in [6, 6.07) is 11.9. The Labute approximate surface area is 128 Å². The summed E-state index contributed by atoms with van der Waals surface area (Å²) in [5.41, 5.74) is 1.51. The minimum absolute atomic E-state index is 0.0469. The maximum absolute atomic E-state index is 13.3. The second kappa shape index (κ2) is 7.68. The number of hydrogen-bond acceptors (Lipinski definition) is 2. The molecule has 0 saturated heterocycles. The van der Waals surface area contributed by atoms with E-state index in [0.29, 0.717) is 17.7 Å². The lowest BCUT2D eigenvalue weighted by Crippen LogP contribution is -1.96.